The fraction of sp³-hybridized carbons (Fsp3) is 0.417. The van der Waals surface area contributed by atoms with Crippen LogP contribution in [0.4, 0.5) is 0 Å². The second kappa shape index (κ2) is 6.21. The Morgan fingerprint density at radius 2 is 2.29 bits per heavy atom. The van der Waals surface area contributed by atoms with Gasteiger partial charge in [-0.15, -0.1) is 11.6 Å². The standard InChI is InChI=1S/C12H14ClN3O/c1-8(2)10(13)7-16-12(17)11-4-3-9(5-14)6-15-11/h3-4,6,8,10H,7H2,1-2H3,(H,16,17). The van der Waals surface area contributed by atoms with E-state index in [-0.39, 0.29) is 17.0 Å². The molecule has 4 nitrogen and oxygen atoms in total. The highest BCUT2D eigenvalue weighted by atomic mass is 35.5. The number of aromatic nitrogens is 1. The average Bonchev–Trinajstić information content (AvgIpc) is 2.35. The molecule has 90 valence electrons. The van der Waals surface area contributed by atoms with Crippen LogP contribution in [0.15, 0.2) is 18.3 Å². The van der Waals surface area contributed by atoms with Crippen molar-refractivity contribution in [2.45, 2.75) is 19.2 Å². The van der Waals surface area contributed by atoms with E-state index in [9.17, 15) is 4.79 Å². The van der Waals surface area contributed by atoms with Crippen molar-refractivity contribution in [3.05, 3.63) is 29.6 Å². The first kappa shape index (κ1) is 13.5. The van der Waals surface area contributed by atoms with Crippen molar-refractivity contribution in [1.29, 1.82) is 5.26 Å². The molecule has 17 heavy (non-hydrogen) atoms. The van der Waals surface area contributed by atoms with Crippen LogP contribution in [0, 0.1) is 17.2 Å². The Balaban J connectivity index is 2.56. The third kappa shape index (κ3) is 4.04. The molecular weight excluding hydrogens is 238 g/mol. The first-order valence-electron chi connectivity index (χ1n) is 5.33. The van der Waals surface area contributed by atoms with Gasteiger partial charge in [-0.2, -0.15) is 5.26 Å². The number of hydrogen-bond acceptors (Lipinski definition) is 3. The molecule has 1 amide bonds. The number of halogens is 1. The van der Waals surface area contributed by atoms with Crippen LogP contribution in [0.3, 0.4) is 0 Å². The van der Waals surface area contributed by atoms with Gasteiger partial charge in [0.2, 0.25) is 0 Å². The van der Waals surface area contributed by atoms with Crippen LogP contribution in [0.25, 0.3) is 0 Å². The maximum atomic E-state index is 11.7. The molecule has 0 radical (unpaired) electrons. The smallest absolute Gasteiger partial charge is 0.269 e. The summed E-state index contributed by atoms with van der Waals surface area (Å²) in [6.45, 7) is 4.38. The molecule has 0 aromatic carbocycles. The SMILES string of the molecule is CC(C)C(Cl)CNC(=O)c1ccc(C#N)cn1. The third-order valence-electron chi connectivity index (χ3n) is 2.31. The summed E-state index contributed by atoms with van der Waals surface area (Å²) in [5.74, 6) is 0.0201. The lowest BCUT2D eigenvalue weighted by atomic mass is 10.1. The summed E-state index contributed by atoms with van der Waals surface area (Å²) >= 11 is 6.02. The normalized spacial score (nSPS) is 11.9. The van der Waals surface area contributed by atoms with E-state index in [4.69, 9.17) is 16.9 Å². The number of nitrogens with zero attached hydrogens (tertiary/aromatic N) is 2. The lowest BCUT2D eigenvalue weighted by Gasteiger charge is -2.13. The summed E-state index contributed by atoms with van der Waals surface area (Å²) in [6, 6.07) is 5.02. The monoisotopic (exact) mass is 251 g/mol. The minimum Gasteiger partial charge on any atom is -0.349 e. The van der Waals surface area contributed by atoms with Crippen molar-refractivity contribution >= 4 is 17.5 Å². The van der Waals surface area contributed by atoms with Crippen molar-refractivity contribution in [2.24, 2.45) is 5.92 Å². The van der Waals surface area contributed by atoms with Gasteiger partial charge in [0.1, 0.15) is 11.8 Å². The van der Waals surface area contributed by atoms with Crippen LogP contribution >= 0.6 is 11.6 Å². The lowest BCUT2D eigenvalue weighted by molar-refractivity contribution is 0.0947. The van der Waals surface area contributed by atoms with E-state index in [1.807, 2.05) is 19.9 Å². The number of carbonyl (C=O) groups is 1. The molecule has 0 saturated heterocycles. The number of hydrogen-bond donors (Lipinski definition) is 1. The zero-order chi connectivity index (χ0) is 12.8. The number of rotatable bonds is 4. The van der Waals surface area contributed by atoms with E-state index in [1.54, 1.807) is 6.07 Å². The molecule has 0 aliphatic carbocycles. The highest BCUT2D eigenvalue weighted by Crippen LogP contribution is 2.08. The molecule has 1 unspecified atom stereocenters. The molecule has 0 spiro atoms. The van der Waals surface area contributed by atoms with Gasteiger partial charge in [-0.25, -0.2) is 4.98 Å². The van der Waals surface area contributed by atoms with Gasteiger partial charge in [-0.3, -0.25) is 4.79 Å². The zero-order valence-corrected chi connectivity index (χ0v) is 10.5. The van der Waals surface area contributed by atoms with Gasteiger partial charge in [0.05, 0.1) is 10.9 Å². The van der Waals surface area contributed by atoms with Gasteiger partial charge in [0.25, 0.3) is 5.91 Å². The van der Waals surface area contributed by atoms with E-state index >= 15 is 0 Å². The molecule has 1 N–H and O–H groups in total. The van der Waals surface area contributed by atoms with Crippen LogP contribution in [0.5, 0.6) is 0 Å². The molecule has 0 fully saturated rings. The number of amides is 1. The van der Waals surface area contributed by atoms with Crippen LogP contribution in [-0.2, 0) is 0 Å². The van der Waals surface area contributed by atoms with Gasteiger partial charge in [-0.1, -0.05) is 13.8 Å². The van der Waals surface area contributed by atoms with E-state index < -0.39 is 0 Å². The average molecular weight is 252 g/mol. The molecular formula is C12H14ClN3O. The number of carbonyl (C=O) groups excluding carboxylic acids is 1. The fourth-order valence-electron chi connectivity index (χ4n) is 1.11. The molecule has 1 rings (SSSR count). The Morgan fingerprint density at radius 1 is 1.59 bits per heavy atom. The number of nitriles is 1. The second-order valence-corrected chi connectivity index (χ2v) is 4.57. The number of alkyl halides is 1. The minimum atomic E-state index is -0.277. The van der Waals surface area contributed by atoms with Crippen LogP contribution in [-0.4, -0.2) is 22.8 Å². The third-order valence-corrected chi connectivity index (χ3v) is 2.96. The first-order chi connectivity index (χ1) is 8.04. The van der Waals surface area contributed by atoms with Gasteiger partial charge in [0, 0.05) is 12.7 Å². The lowest BCUT2D eigenvalue weighted by Crippen LogP contribution is -2.32. The molecule has 1 heterocycles. The number of nitrogens with one attached hydrogen (secondary N) is 1. The maximum absolute atomic E-state index is 11.7. The summed E-state index contributed by atoms with van der Waals surface area (Å²) in [7, 11) is 0. The van der Waals surface area contributed by atoms with Crippen LogP contribution in [0.2, 0.25) is 0 Å². The molecule has 0 saturated carbocycles. The first-order valence-corrected chi connectivity index (χ1v) is 5.76. The Morgan fingerprint density at radius 3 is 2.76 bits per heavy atom. The Hall–Kier alpha value is -1.60. The highest BCUT2D eigenvalue weighted by Gasteiger charge is 2.12. The van der Waals surface area contributed by atoms with Crippen LogP contribution < -0.4 is 5.32 Å². The van der Waals surface area contributed by atoms with E-state index in [0.29, 0.717) is 18.0 Å². The van der Waals surface area contributed by atoms with Crippen molar-refractivity contribution in [3.8, 4) is 6.07 Å². The van der Waals surface area contributed by atoms with Crippen LogP contribution in [0.1, 0.15) is 29.9 Å². The summed E-state index contributed by atoms with van der Waals surface area (Å²) in [5, 5.41) is 11.2. The summed E-state index contributed by atoms with van der Waals surface area (Å²) in [4.78, 5) is 15.6. The quantitative estimate of drug-likeness (QED) is 0.832. The Labute approximate surface area is 106 Å². The maximum Gasteiger partial charge on any atom is 0.269 e. The topological polar surface area (TPSA) is 65.8 Å². The zero-order valence-electron chi connectivity index (χ0n) is 9.77. The molecule has 1 aromatic heterocycles. The summed E-state index contributed by atoms with van der Waals surface area (Å²) < 4.78 is 0. The summed E-state index contributed by atoms with van der Waals surface area (Å²) in [5.41, 5.74) is 0.718. The van der Waals surface area contributed by atoms with E-state index in [2.05, 4.69) is 10.3 Å². The minimum absolute atomic E-state index is 0.0997. The highest BCUT2D eigenvalue weighted by molar-refractivity contribution is 6.21. The van der Waals surface area contributed by atoms with E-state index in [1.165, 1.54) is 12.3 Å². The van der Waals surface area contributed by atoms with Gasteiger partial charge >= 0.3 is 0 Å². The van der Waals surface area contributed by atoms with Crippen molar-refractivity contribution < 1.29 is 4.79 Å². The molecule has 5 heteroatoms. The molecule has 1 aromatic rings. The predicted octanol–water partition coefficient (Wildman–Crippen LogP) is 1.95. The molecule has 0 aliphatic heterocycles. The Kier molecular flexibility index (Phi) is 4.92. The Bertz CT molecular complexity index is 422. The van der Waals surface area contributed by atoms with Gasteiger partial charge in [-0.05, 0) is 18.1 Å². The van der Waals surface area contributed by atoms with Crippen molar-refractivity contribution in [2.75, 3.05) is 6.54 Å². The molecule has 0 aliphatic rings. The largest absolute Gasteiger partial charge is 0.349 e. The number of pyridine rings is 1. The summed E-state index contributed by atoms with van der Waals surface area (Å²) in [6.07, 6.45) is 1.37. The van der Waals surface area contributed by atoms with E-state index in [0.717, 1.165) is 0 Å². The molecule has 0 bridgehead atoms. The van der Waals surface area contributed by atoms with Crippen molar-refractivity contribution in [1.82, 2.24) is 10.3 Å². The van der Waals surface area contributed by atoms with Gasteiger partial charge in [0.15, 0.2) is 0 Å². The van der Waals surface area contributed by atoms with Gasteiger partial charge < -0.3 is 5.32 Å². The fourth-order valence-corrected chi connectivity index (χ4v) is 1.19. The molecule has 1 atom stereocenters. The predicted molar refractivity (Wildman–Crippen MR) is 65.8 cm³/mol. The van der Waals surface area contributed by atoms with Crippen molar-refractivity contribution in [3.63, 3.8) is 0 Å². The second-order valence-electron chi connectivity index (χ2n) is 4.01.